The molecule has 16 heavy (non-hydrogen) atoms. The molecule has 5 heteroatoms. The molecule has 0 saturated carbocycles. The number of carboxylic acids is 1. The van der Waals surface area contributed by atoms with Crippen LogP contribution in [0.3, 0.4) is 0 Å². The Bertz CT molecular complexity index is 394. The van der Waals surface area contributed by atoms with Crippen molar-refractivity contribution >= 4 is 11.7 Å². The summed E-state index contributed by atoms with van der Waals surface area (Å²) in [6, 6.07) is 3.61. The Hall–Kier alpha value is -1.62. The van der Waals surface area contributed by atoms with Crippen LogP contribution < -0.4 is 10.6 Å². The second-order valence-electron chi connectivity index (χ2n) is 3.83. The van der Waals surface area contributed by atoms with Crippen LogP contribution in [-0.4, -0.2) is 31.2 Å². The maximum Gasteiger partial charge on any atom is 0.320 e. The Labute approximate surface area is 93.5 Å². The summed E-state index contributed by atoms with van der Waals surface area (Å²) in [6.45, 7) is 0. The molecule has 0 aliphatic rings. The van der Waals surface area contributed by atoms with E-state index in [1.165, 1.54) is 6.07 Å². The Kier molecular flexibility index (Phi) is 3.84. The van der Waals surface area contributed by atoms with Crippen molar-refractivity contribution in [2.45, 2.75) is 12.5 Å². The molecular weight excluding hydrogens is 211 g/mol. The van der Waals surface area contributed by atoms with Gasteiger partial charge in [-0.05, 0) is 24.1 Å². The minimum atomic E-state index is -1.09. The number of hydrogen-bond donors (Lipinski definition) is 2. The molecule has 1 aromatic carbocycles. The summed E-state index contributed by atoms with van der Waals surface area (Å²) < 4.78 is 13.5. The number of carboxylic acid groups (broad SMARTS) is 1. The van der Waals surface area contributed by atoms with E-state index in [1.54, 1.807) is 31.1 Å². The number of carbonyl (C=O) groups is 1. The second-order valence-corrected chi connectivity index (χ2v) is 3.83. The summed E-state index contributed by atoms with van der Waals surface area (Å²) in [5.41, 5.74) is 6.41. The zero-order valence-electron chi connectivity index (χ0n) is 9.27. The van der Waals surface area contributed by atoms with E-state index in [0.29, 0.717) is 11.3 Å². The summed E-state index contributed by atoms with van der Waals surface area (Å²) in [4.78, 5) is 12.2. The van der Waals surface area contributed by atoms with Crippen molar-refractivity contribution in [3.05, 3.63) is 29.6 Å². The Morgan fingerprint density at radius 2 is 2.19 bits per heavy atom. The average molecular weight is 226 g/mol. The monoisotopic (exact) mass is 226 g/mol. The summed E-state index contributed by atoms with van der Waals surface area (Å²) in [5.74, 6) is -1.46. The van der Waals surface area contributed by atoms with Gasteiger partial charge >= 0.3 is 5.97 Å². The van der Waals surface area contributed by atoms with Gasteiger partial charge in [-0.2, -0.15) is 0 Å². The third-order valence-electron chi connectivity index (χ3n) is 2.27. The highest BCUT2D eigenvalue weighted by atomic mass is 19.1. The molecule has 3 N–H and O–H groups in total. The van der Waals surface area contributed by atoms with Gasteiger partial charge in [0, 0.05) is 14.1 Å². The van der Waals surface area contributed by atoms with Crippen LogP contribution in [0.1, 0.15) is 5.56 Å². The number of benzene rings is 1. The van der Waals surface area contributed by atoms with Crippen LogP contribution in [0.4, 0.5) is 10.1 Å². The van der Waals surface area contributed by atoms with E-state index in [9.17, 15) is 9.18 Å². The van der Waals surface area contributed by atoms with Crippen LogP contribution in [0.2, 0.25) is 0 Å². The Morgan fingerprint density at radius 3 is 2.62 bits per heavy atom. The predicted octanol–water partition coefficient (Wildman–Crippen LogP) is 0.846. The van der Waals surface area contributed by atoms with Crippen molar-refractivity contribution in [2.75, 3.05) is 19.0 Å². The molecule has 0 bridgehead atoms. The molecule has 1 rings (SSSR count). The van der Waals surface area contributed by atoms with Crippen LogP contribution >= 0.6 is 0 Å². The lowest BCUT2D eigenvalue weighted by molar-refractivity contribution is -0.138. The molecular formula is C11H15FN2O2. The molecule has 4 nitrogen and oxygen atoms in total. The highest BCUT2D eigenvalue weighted by molar-refractivity contribution is 5.73. The lowest BCUT2D eigenvalue weighted by Crippen LogP contribution is -2.32. The van der Waals surface area contributed by atoms with E-state index in [4.69, 9.17) is 10.8 Å². The van der Waals surface area contributed by atoms with E-state index in [0.717, 1.165) is 0 Å². The first-order valence-corrected chi connectivity index (χ1v) is 4.86. The van der Waals surface area contributed by atoms with Crippen molar-refractivity contribution in [2.24, 2.45) is 5.73 Å². The highest BCUT2D eigenvalue weighted by Crippen LogP contribution is 2.18. The van der Waals surface area contributed by atoms with Gasteiger partial charge in [-0.15, -0.1) is 0 Å². The fourth-order valence-corrected chi connectivity index (χ4v) is 1.38. The zero-order valence-corrected chi connectivity index (χ0v) is 9.27. The van der Waals surface area contributed by atoms with Gasteiger partial charge in [0.05, 0.1) is 5.69 Å². The first-order valence-electron chi connectivity index (χ1n) is 4.86. The standard InChI is InChI=1S/C11H15FN2O2/c1-14(2)10-4-3-7(5-8(10)12)6-9(13)11(15)16/h3-5,9H,6,13H2,1-2H3,(H,15,16). The number of rotatable bonds is 4. The van der Waals surface area contributed by atoms with E-state index < -0.39 is 12.0 Å². The highest BCUT2D eigenvalue weighted by Gasteiger charge is 2.13. The lowest BCUT2D eigenvalue weighted by Gasteiger charge is -2.14. The number of anilines is 1. The third-order valence-corrected chi connectivity index (χ3v) is 2.27. The molecule has 1 atom stereocenters. The molecule has 0 heterocycles. The molecule has 0 saturated heterocycles. The van der Waals surface area contributed by atoms with Crippen molar-refractivity contribution in [1.82, 2.24) is 0 Å². The quantitative estimate of drug-likeness (QED) is 0.798. The second kappa shape index (κ2) is 4.94. The maximum atomic E-state index is 13.5. The molecule has 0 radical (unpaired) electrons. The Morgan fingerprint density at radius 1 is 1.56 bits per heavy atom. The molecule has 88 valence electrons. The molecule has 0 aliphatic heterocycles. The normalized spacial score (nSPS) is 12.2. The fraction of sp³-hybridized carbons (Fsp3) is 0.364. The van der Waals surface area contributed by atoms with E-state index in [2.05, 4.69) is 0 Å². The molecule has 1 aromatic rings. The van der Waals surface area contributed by atoms with Crippen LogP contribution in [-0.2, 0) is 11.2 Å². The first-order chi connectivity index (χ1) is 7.41. The van der Waals surface area contributed by atoms with Crippen LogP contribution in [0.15, 0.2) is 18.2 Å². The van der Waals surface area contributed by atoms with Crippen molar-refractivity contribution in [1.29, 1.82) is 0 Å². The van der Waals surface area contributed by atoms with Gasteiger partial charge in [0.15, 0.2) is 0 Å². The van der Waals surface area contributed by atoms with Gasteiger partial charge in [-0.25, -0.2) is 4.39 Å². The molecule has 0 fully saturated rings. The van der Waals surface area contributed by atoms with Gasteiger partial charge in [-0.1, -0.05) is 6.07 Å². The molecule has 0 amide bonds. The van der Waals surface area contributed by atoms with Crippen LogP contribution in [0.25, 0.3) is 0 Å². The molecule has 1 unspecified atom stereocenters. The van der Waals surface area contributed by atoms with E-state index in [1.807, 2.05) is 0 Å². The predicted molar refractivity (Wildman–Crippen MR) is 60.0 cm³/mol. The topological polar surface area (TPSA) is 66.6 Å². The number of aliphatic carboxylic acids is 1. The average Bonchev–Trinajstić information content (AvgIpc) is 2.16. The zero-order chi connectivity index (χ0) is 12.3. The molecule has 0 aliphatic carbocycles. The first kappa shape index (κ1) is 12.4. The van der Waals surface area contributed by atoms with Crippen molar-refractivity contribution in [3.8, 4) is 0 Å². The summed E-state index contributed by atoms with van der Waals surface area (Å²) in [6.07, 6.45) is 0.125. The maximum absolute atomic E-state index is 13.5. The van der Waals surface area contributed by atoms with Gasteiger partial charge in [0.1, 0.15) is 11.9 Å². The summed E-state index contributed by atoms with van der Waals surface area (Å²) >= 11 is 0. The third kappa shape index (κ3) is 2.93. The number of nitrogens with zero attached hydrogens (tertiary/aromatic N) is 1. The minimum Gasteiger partial charge on any atom is -0.480 e. The number of nitrogens with two attached hydrogens (primary N) is 1. The van der Waals surface area contributed by atoms with Crippen LogP contribution in [0, 0.1) is 5.82 Å². The summed E-state index contributed by atoms with van der Waals surface area (Å²) in [5, 5.41) is 8.63. The molecule has 0 aromatic heterocycles. The number of hydrogen-bond acceptors (Lipinski definition) is 3. The Balaban J connectivity index is 2.85. The van der Waals surface area contributed by atoms with Gasteiger partial charge in [0.25, 0.3) is 0 Å². The molecule has 0 spiro atoms. The van der Waals surface area contributed by atoms with Gasteiger partial charge < -0.3 is 15.7 Å². The van der Waals surface area contributed by atoms with Gasteiger partial charge in [0.2, 0.25) is 0 Å². The van der Waals surface area contributed by atoms with Crippen molar-refractivity contribution < 1.29 is 14.3 Å². The summed E-state index contributed by atoms with van der Waals surface area (Å²) in [7, 11) is 3.47. The fourth-order valence-electron chi connectivity index (χ4n) is 1.38. The minimum absolute atomic E-state index is 0.125. The SMILES string of the molecule is CN(C)c1ccc(CC(N)C(=O)O)cc1F. The van der Waals surface area contributed by atoms with Crippen LogP contribution in [0.5, 0.6) is 0 Å². The number of halogens is 1. The van der Waals surface area contributed by atoms with E-state index in [-0.39, 0.29) is 12.2 Å². The van der Waals surface area contributed by atoms with Crippen molar-refractivity contribution in [3.63, 3.8) is 0 Å². The van der Waals surface area contributed by atoms with E-state index >= 15 is 0 Å². The van der Waals surface area contributed by atoms with Gasteiger partial charge in [-0.3, -0.25) is 4.79 Å². The largest absolute Gasteiger partial charge is 0.480 e. The lowest BCUT2D eigenvalue weighted by atomic mass is 10.1. The smallest absolute Gasteiger partial charge is 0.320 e.